The summed E-state index contributed by atoms with van der Waals surface area (Å²) in [5, 5.41) is 9.28. The van der Waals surface area contributed by atoms with Gasteiger partial charge in [0.15, 0.2) is 11.5 Å². The summed E-state index contributed by atoms with van der Waals surface area (Å²) >= 11 is 0. The monoisotopic (exact) mass is 388 g/mol. The molecule has 0 amide bonds. The minimum Gasteiger partial charge on any atom is -0.485 e. The molecule has 1 N–H and O–H groups in total. The smallest absolute Gasteiger partial charge is 0.304 e. The van der Waals surface area contributed by atoms with E-state index in [1.54, 1.807) is 0 Å². The van der Waals surface area contributed by atoms with Gasteiger partial charge in [-0.2, -0.15) is 0 Å². The van der Waals surface area contributed by atoms with Crippen molar-refractivity contribution in [2.75, 3.05) is 0 Å². The zero-order valence-electron chi connectivity index (χ0n) is 16.2. The van der Waals surface area contributed by atoms with Gasteiger partial charge in [0.25, 0.3) is 0 Å². The van der Waals surface area contributed by atoms with Crippen molar-refractivity contribution < 1.29 is 19.4 Å². The van der Waals surface area contributed by atoms with E-state index in [2.05, 4.69) is 0 Å². The Morgan fingerprint density at radius 1 is 0.793 bits per heavy atom. The third-order valence-electron chi connectivity index (χ3n) is 5.37. The highest BCUT2D eigenvalue weighted by Gasteiger charge is 2.46. The van der Waals surface area contributed by atoms with Crippen LogP contribution in [0.1, 0.15) is 36.0 Å². The predicted octanol–water partition coefficient (Wildman–Crippen LogP) is 5.35. The quantitative estimate of drug-likeness (QED) is 0.537. The van der Waals surface area contributed by atoms with Gasteiger partial charge >= 0.3 is 5.97 Å². The number of carbonyl (C=O) groups is 1. The van der Waals surface area contributed by atoms with Crippen molar-refractivity contribution in [1.82, 2.24) is 0 Å². The van der Waals surface area contributed by atoms with Crippen LogP contribution < -0.4 is 9.47 Å². The van der Waals surface area contributed by atoms with E-state index >= 15 is 0 Å². The molecule has 3 aromatic carbocycles. The zero-order valence-corrected chi connectivity index (χ0v) is 16.2. The molecular weight excluding hydrogens is 364 g/mol. The van der Waals surface area contributed by atoms with E-state index < -0.39 is 5.97 Å². The molecule has 0 radical (unpaired) electrons. The number of rotatable bonds is 9. The number of benzene rings is 3. The maximum Gasteiger partial charge on any atom is 0.304 e. The van der Waals surface area contributed by atoms with E-state index in [9.17, 15) is 9.90 Å². The third-order valence-corrected chi connectivity index (χ3v) is 5.37. The molecule has 0 spiro atoms. The summed E-state index contributed by atoms with van der Waals surface area (Å²) in [6.45, 7) is 0.875. The molecule has 0 bridgehead atoms. The van der Waals surface area contributed by atoms with Gasteiger partial charge in [-0.05, 0) is 41.7 Å². The van der Waals surface area contributed by atoms with Crippen molar-refractivity contribution in [1.29, 1.82) is 0 Å². The molecule has 0 unspecified atom stereocenters. The predicted molar refractivity (Wildman–Crippen MR) is 111 cm³/mol. The fourth-order valence-electron chi connectivity index (χ4n) is 3.55. The van der Waals surface area contributed by atoms with E-state index in [4.69, 9.17) is 9.47 Å². The molecule has 0 aliphatic heterocycles. The van der Waals surface area contributed by atoms with E-state index in [0.717, 1.165) is 29.5 Å². The first-order valence-electron chi connectivity index (χ1n) is 9.84. The van der Waals surface area contributed by atoms with Crippen LogP contribution in [0.25, 0.3) is 0 Å². The minimum absolute atomic E-state index is 0.148. The molecule has 0 atom stereocenters. The first-order valence-corrected chi connectivity index (χ1v) is 9.84. The lowest BCUT2D eigenvalue weighted by Gasteiger charge is -2.18. The first-order chi connectivity index (χ1) is 14.1. The summed E-state index contributed by atoms with van der Waals surface area (Å²) in [5.41, 5.74) is 2.89. The molecule has 148 valence electrons. The van der Waals surface area contributed by atoms with Crippen molar-refractivity contribution in [2.24, 2.45) is 0 Å². The van der Waals surface area contributed by atoms with Gasteiger partial charge in [-0.1, -0.05) is 66.7 Å². The fraction of sp³-hybridized carbons (Fsp3) is 0.240. The van der Waals surface area contributed by atoms with Crippen LogP contribution in [0, 0.1) is 0 Å². The lowest BCUT2D eigenvalue weighted by Crippen LogP contribution is -2.13. The number of hydrogen-bond donors (Lipinski definition) is 1. The average molecular weight is 388 g/mol. The molecule has 4 heteroatoms. The van der Waals surface area contributed by atoms with Crippen molar-refractivity contribution >= 4 is 5.97 Å². The van der Waals surface area contributed by atoms with Gasteiger partial charge in [-0.3, -0.25) is 4.79 Å². The normalized spacial score (nSPS) is 14.2. The molecule has 29 heavy (non-hydrogen) atoms. The van der Waals surface area contributed by atoms with Crippen LogP contribution in [0.4, 0.5) is 0 Å². The minimum atomic E-state index is -0.765. The summed E-state index contributed by atoms with van der Waals surface area (Å²) < 4.78 is 12.1. The maximum atomic E-state index is 11.3. The summed E-state index contributed by atoms with van der Waals surface area (Å²) in [7, 11) is 0. The highest BCUT2D eigenvalue weighted by Crippen LogP contribution is 2.52. The van der Waals surface area contributed by atoms with E-state index in [-0.39, 0.29) is 11.8 Å². The molecule has 0 saturated heterocycles. The van der Waals surface area contributed by atoms with Gasteiger partial charge in [0.2, 0.25) is 0 Å². The van der Waals surface area contributed by atoms with Gasteiger partial charge in [0.1, 0.15) is 13.2 Å². The standard InChI is InChI=1S/C25H24O4/c26-24(27)16-25(13-14-25)21-11-12-22(28-17-19-7-3-1-4-8-19)23(15-21)29-18-20-9-5-2-6-10-20/h1-12,15H,13-14,16-18H2,(H,26,27). The lowest BCUT2D eigenvalue weighted by molar-refractivity contribution is -0.137. The second kappa shape index (κ2) is 8.39. The topological polar surface area (TPSA) is 55.8 Å². The molecular formula is C25H24O4. The number of carboxylic acids is 1. The van der Waals surface area contributed by atoms with Crippen LogP contribution in [0.3, 0.4) is 0 Å². The highest BCUT2D eigenvalue weighted by atomic mass is 16.5. The van der Waals surface area contributed by atoms with Crippen LogP contribution in [0.5, 0.6) is 11.5 Å². The summed E-state index contributed by atoms with van der Waals surface area (Å²) in [6.07, 6.45) is 1.93. The van der Waals surface area contributed by atoms with Crippen LogP contribution in [-0.2, 0) is 23.4 Å². The van der Waals surface area contributed by atoms with Crippen LogP contribution in [0.2, 0.25) is 0 Å². The third kappa shape index (κ3) is 4.77. The average Bonchev–Trinajstić information content (AvgIpc) is 3.52. The Balaban J connectivity index is 1.56. The Morgan fingerprint density at radius 2 is 1.34 bits per heavy atom. The Kier molecular flexibility index (Phi) is 5.52. The second-order valence-corrected chi connectivity index (χ2v) is 7.56. The largest absolute Gasteiger partial charge is 0.485 e. The Labute approximate surface area is 170 Å². The Bertz CT molecular complexity index is 963. The van der Waals surface area contributed by atoms with E-state index in [1.807, 2.05) is 78.9 Å². The van der Waals surface area contributed by atoms with E-state index in [1.165, 1.54) is 0 Å². The Hall–Kier alpha value is -3.27. The highest BCUT2D eigenvalue weighted by molar-refractivity contribution is 5.70. The van der Waals surface area contributed by atoms with Crippen molar-refractivity contribution in [3.8, 4) is 11.5 Å². The van der Waals surface area contributed by atoms with Gasteiger partial charge in [0.05, 0.1) is 6.42 Å². The first kappa shape index (κ1) is 19.1. The SMILES string of the molecule is O=C(O)CC1(c2ccc(OCc3ccccc3)c(OCc3ccccc3)c2)CC1. The van der Waals surface area contributed by atoms with Crippen LogP contribution in [0.15, 0.2) is 78.9 Å². The summed E-state index contributed by atoms with van der Waals surface area (Å²) in [6, 6.07) is 25.8. The van der Waals surface area contributed by atoms with Crippen molar-refractivity contribution in [2.45, 2.75) is 37.9 Å². The zero-order chi connectivity index (χ0) is 20.1. The molecule has 1 aliphatic carbocycles. The molecule has 1 aliphatic rings. The Morgan fingerprint density at radius 3 is 1.86 bits per heavy atom. The molecule has 0 heterocycles. The molecule has 0 aromatic heterocycles. The van der Waals surface area contributed by atoms with Gasteiger partial charge < -0.3 is 14.6 Å². The van der Waals surface area contributed by atoms with E-state index in [0.29, 0.717) is 24.7 Å². The van der Waals surface area contributed by atoms with Gasteiger partial charge in [0, 0.05) is 5.41 Å². The van der Waals surface area contributed by atoms with Gasteiger partial charge in [-0.25, -0.2) is 0 Å². The van der Waals surface area contributed by atoms with Crippen molar-refractivity contribution in [3.63, 3.8) is 0 Å². The molecule has 4 nitrogen and oxygen atoms in total. The van der Waals surface area contributed by atoms with Crippen molar-refractivity contribution in [3.05, 3.63) is 95.6 Å². The molecule has 4 rings (SSSR count). The number of aliphatic carboxylic acids is 1. The molecule has 1 saturated carbocycles. The summed E-state index contributed by atoms with van der Waals surface area (Å²) in [5.74, 6) is 0.553. The fourth-order valence-corrected chi connectivity index (χ4v) is 3.55. The summed E-state index contributed by atoms with van der Waals surface area (Å²) in [4.78, 5) is 11.3. The molecule has 3 aromatic rings. The number of hydrogen-bond acceptors (Lipinski definition) is 3. The van der Waals surface area contributed by atoms with Crippen LogP contribution in [-0.4, -0.2) is 11.1 Å². The second-order valence-electron chi connectivity index (χ2n) is 7.56. The maximum absolute atomic E-state index is 11.3. The number of carboxylic acid groups (broad SMARTS) is 1. The lowest BCUT2D eigenvalue weighted by atomic mass is 9.92. The number of ether oxygens (including phenoxy) is 2. The van der Waals surface area contributed by atoms with Crippen LogP contribution >= 0.6 is 0 Å². The molecule has 1 fully saturated rings. The van der Waals surface area contributed by atoms with Gasteiger partial charge in [-0.15, -0.1) is 0 Å².